The molecule has 2 aromatic carbocycles. The molecule has 3 rings (SSSR count). The Labute approximate surface area is 136 Å². The Hall–Kier alpha value is -0.314. The average Bonchev–Trinajstić information content (AvgIpc) is 2.96. The van der Waals surface area contributed by atoms with E-state index >= 15 is 0 Å². The van der Waals surface area contributed by atoms with Crippen LogP contribution in [0.5, 0.6) is 0 Å². The molecule has 2 heteroatoms. The quantitative estimate of drug-likeness (QED) is 0.570. The van der Waals surface area contributed by atoms with Crippen molar-refractivity contribution in [2.24, 2.45) is 0 Å². The summed E-state index contributed by atoms with van der Waals surface area (Å²) in [6.07, 6.45) is 1.16. The van der Waals surface area contributed by atoms with E-state index in [4.69, 9.17) is 0 Å². The van der Waals surface area contributed by atoms with Crippen LogP contribution in [0.15, 0.2) is 60.7 Å². The molecule has 2 aromatic rings. The molecule has 0 amide bonds. The van der Waals surface area contributed by atoms with Gasteiger partial charge in [0.15, 0.2) is 0 Å². The predicted octanol–water partition coefficient (Wildman–Crippen LogP) is 4.37. The molecule has 1 aliphatic carbocycles. The number of hydrogen-bond donors (Lipinski definition) is 0. The molecule has 1 unspecified atom stereocenters. The molecule has 1 saturated carbocycles. The van der Waals surface area contributed by atoms with Gasteiger partial charge in [-0.1, -0.05) is 76.6 Å². The standard InChI is InChI=1S/C16H15Br.Mg.2H/c1-15(17)12-16(15,13-8-4-2-5-9-13)14-10-6-3-7-11-14;;;/h2-11H,12H2,1H3;;;/q;+2;2*-1. The molecule has 0 N–H and O–H groups in total. The van der Waals surface area contributed by atoms with E-state index in [1.807, 2.05) is 0 Å². The Balaban J connectivity index is 0.00000120. The Morgan fingerprint density at radius 2 is 1.22 bits per heavy atom. The van der Waals surface area contributed by atoms with E-state index in [1.54, 1.807) is 0 Å². The van der Waals surface area contributed by atoms with Crippen LogP contribution in [0.25, 0.3) is 0 Å². The maximum atomic E-state index is 3.88. The summed E-state index contributed by atoms with van der Waals surface area (Å²) in [6.45, 7) is 2.28. The molecular weight excluding hydrogens is 296 g/mol. The van der Waals surface area contributed by atoms with Crippen molar-refractivity contribution < 1.29 is 2.85 Å². The fourth-order valence-corrected chi connectivity index (χ4v) is 3.75. The molecular formula is C16H17BrMg. The first-order valence-electron chi connectivity index (χ1n) is 5.97. The van der Waals surface area contributed by atoms with Crippen LogP contribution in [-0.4, -0.2) is 27.4 Å². The Kier molecular flexibility index (Phi) is 3.91. The summed E-state index contributed by atoms with van der Waals surface area (Å²) < 4.78 is 0.183. The van der Waals surface area contributed by atoms with Gasteiger partial charge in [-0.05, 0) is 24.5 Å². The molecule has 0 heterocycles. The first kappa shape index (κ1) is 14.1. The van der Waals surface area contributed by atoms with E-state index in [1.165, 1.54) is 11.1 Å². The SMILES string of the molecule is CC1(Br)CC1(c1ccccc1)c1ccccc1.[H-].[H-].[Mg+2]. The van der Waals surface area contributed by atoms with Gasteiger partial charge in [-0.15, -0.1) is 0 Å². The van der Waals surface area contributed by atoms with Gasteiger partial charge in [0.1, 0.15) is 0 Å². The van der Waals surface area contributed by atoms with Gasteiger partial charge in [-0.2, -0.15) is 0 Å². The number of rotatable bonds is 2. The zero-order chi connectivity index (χ0) is 11.9. The average molecular weight is 314 g/mol. The van der Waals surface area contributed by atoms with E-state index in [-0.39, 0.29) is 35.6 Å². The summed E-state index contributed by atoms with van der Waals surface area (Å²) in [7, 11) is 0. The largest absolute Gasteiger partial charge is 2.00 e. The first-order chi connectivity index (χ1) is 8.17. The van der Waals surface area contributed by atoms with E-state index in [2.05, 4.69) is 83.5 Å². The molecule has 0 aromatic heterocycles. The molecule has 0 spiro atoms. The summed E-state index contributed by atoms with van der Waals surface area (Å²) in [4.78, 5) is 0. The molecule has 0 bridgehead atoms. The van der Waals surface area contributed by atoms with Crippen LogP contribution in [0.2, 0.25) is 0 Å². The van der Waals surface area contributed by atoms with Crippen LogP contribution >= 0.6 is 15.9 Å². The van der Waals surface area contributed by atoms with Crippen molar-refractivity contribution in [1.82, 2.24) is 0 Å². The van der Waals surface area contributed by atoms with Crippen LogP contribution in [0, 0.1) is 0 Å². The van der Waals surface area contributed by atoms with Crippen molar-refractivity contribution in [3.05, 3.63) is 71.8 Å². The second-order valence-corrected chi connectivity index (χ2v) is 6.76. The van der Waals surface area contributed by atoms with Gasteiger partial charge in [0.25, 0.3) is 0 Å². The minimum absolute atomic E-state index is 0. The van der Waals surface area contributed by atoms with Crippen molar-refractivity contribution in [2.75, 3.05) is 0 Å². The van der Waals surface area contributed by atoms with Gasteiger partial charge in [-0.3, -0.25) is 0 Å². The van der Waals surface area contributed by atoms with Crippen molar-refractivity contribution in [3.63, 3.8) is 0 Å². The van der Waals surface area contributed by atoms with Crippen molar-refractivity contribution in [1.29, 1.82) is 0 Å². The fourth-order valence-electron chi connectivity index (χ4n) is 2.87. The van der Waals surface area contributed by atoms with Crippen LogP contribution in [0.4, 0.5) is 0 Å². The smallest absolute Gasteiger partial charge is 1.00 e. The molecule has 0 saturated heterocycles. The number of hydrogen-bond acceptors (Lipinski definition) is 0. The van der Waals surface area contributed by atoms with Crippen molar-refractivity contribution in [3.8, 4) is 0 Å². The Morgan fingerprint density at radius 1 is 0.889 bits per heavy atom. The van der Waals surface area contributed by atoms with Crippen LogP contribution in [0.3, 0.4) is 0 Å². The summed E-state index contributed by atoms with van der Waals surface area (Å²) in [5.41, 5.74) is 2.96. The monoisotopic (exact) mass is 312 g/mol. The summed E-state index contributed by atoms with van der Waals surface area (Å²) in [5.74, 6) is 0. The second kappa shape index (κ2) is 4.99. The molecule has 1 aliphatic rings. The van der Waals surface area contributed by atoms with E-state index in [0.29, 0.717) is 0 Å². The maximum absolute atomic E-state index is 3.88. The van der Waals surface area contributed by atoms with Crippen LogP contribution < -0.4 is 0 Å². The summed E-state index contributed by atoms with van der Waals surface area (Å²) in [6, 6.07) is 21.6. The zero-order valence-corrected chi connectivity index (χ0v) is 13.6. The molecule has 0 radical (unpaired) electrons. The van der Waals surface area contributed by atoms with Gasteiger partial charge in [0.2, 0.25) is 0 Å². The van der Waals surface area contributed by atoms with E-state index in [0.717, 1.165) is 6.42 Å². The minimum Gasteiger partial charge on any atom is -1.00 e. The summed E-state index contributed by atoms with van der Waals surface area (Å²) in [5, 5.41) is 0. The van der Waals surface area contributed by atoms with Gasteiger partial charge >= 0.3 is 23.1 Å². The minimum atomic E-state index is 0. The first-order valence-corrected chi connectivity index (χ1v) is 6.76. The molecule has 90 valence electrons. The van der Waals surface area contributed by atoms with Gasteiger partial charge in [0, 0.05) is 9.74 Å². The normalized spacial score (nSPS) is 24.1. The molecule has 0 aliphatic heterocycles. The zero-order valence-electron chi connectivity index (χ0n) is 12.6. The molecule has 18 heavy (non-hydrogen) atoms. The van der Waals surface area contributed by atoms with E-state index < -0.39 is 0 Å². The molecule has 1 atom stereocenters. The summed E-state index contributed by atoms with van der Waals surface area (Å²) >= 11 is 3.88. The van der Waals surface area contributed by atoms with Gasteiger partial charge in [0.05, 0.1) is 0 Å². The van der Waals surface area contributed by atoms with Gasteiger partial charge < -0.3 is 2.85 Å². The third-order valence-electron chi connectivity index (χ3n) is 3.90. The fraction of sp³-hybridized carbons (Fsp3) is 0.250. The number of halogens is 1. The van der Waals surface area contributed by atoms with Crippen LogP contribution in [0.1, 0.15) is 27.3 Å². The van der Waals surface area contributed by atoms with Crippen LogP contribution in [-0.2, 0) is 5.41 Å². The van der Waals surface area contributed by atoms with Gasteiger partial charge in [-0.25, -0.2) is 0 Å². The number of benzene rings is 2. The second-order valence-electron chi connectivity index (χ2n) is 5.01. The van der Waals surface area contributed by atoms with Crippen molar-refractivity contribution >= 4 is 39.0 Å². The maximum Gasteiger partial charge on any atom is 2.00 e. The predicted molar refractivity (Wildman–Crippen MR) is 83.6 cm³/mol. The Morgan fingerprint density at radius 3 is 1.50 bits per heavy atom. The number of alkyl halides is 1. The topological polar surface area (TPSA) is 0 Å². The third-order valence-corrected chi connectivity index (χ3v) is 4.85. The van der Waals surface area contributed by atoms with E-state index in [9.17, 15) is 0 Å². The molecule has 1 fully saturated rings. The van der Waals surface area contributed by atoms with Crippen molar-refractivity contribution in [2.45, 2.75) is 23.1 Å². The third kappa shape index (κ3) is 2.04. The Bertz CT molecular complexity index is 489. The molecule has 0 nitrogen and oxygen atoms in total.